The van der Waals surface area contributed by atoms with Crippen LogP contribution >= 0.6 is 11.6 Å². The highest BCUT2D eigenvalue weighted by Crippen LogP contribution is 2.21. The minimum Gasteiger partial charge on any atom is -0.389 e. The molecule has 0 amide bonds. The predicted octanol–water partition coefficient (Wildman–Crippen LogP) is 3.11. The molecule has 1 aromatic carbocycles. The van der Waals surface area contributed by atoms with Crippen molar-refractivity contribution in [3.63, 3.8) is 0 Å². The lowest BCUT2D eigenvalue weighted by molar-refractivity contribution is 0.00519. The molecular formula is C16H24ClN3O. The molecule has 21 heavy (non-hydrogen) atoms. The molecule has 2 unspecified atom stereocenters. The zero-order chi connectivity index (χ0) is 15.6. The minimum atomic E-state index is -0.706. The van der Waals surface area contributed by atoms with Gasteiger partial charge in [-0.15, -0.1) is 0 Å². The van der Waals surface area contributed by atoms with Gasteiger partial charge in [0.2, 0.25) is 0 Å². The van der Waals surface area contributed by atoms with Crippen molar-refractivity contribution in [2.75, 3.05) is 6.54 Å². The molecular weight excluding hydrogens is 286 g/mol. The third-order valence-electron chi connectivity index (χ3n) is 4.38. The summed E-state index contributed by atoms with van der Waals surface area (Å²) in [4.78, 5) is 4.59. The van der Waals surface area contributed by atoms with Gasteiger partial charge in [-0.3, -0.25) is 0 Å². The molecule has 2 N–H and O–H groups in total. The van der Waals surface area contributed by atoms with Gasteiger partial charge in [0.15, 0.2) is 0 Å². The highest BCUT2D eigenvalue weighted by Gasteiger charge is 2.26. The van der Waals surface area contributed by atoms with Gasteiger partial charge < -0.3 is 15.0 Å². The Hall–Kier alpha value is -1.10. The van der Waals surface area contributed by atoms with Gasteiger partial charge in [-0.25, -0.2) is 4.98 Å². The van der Waals surface area contributed by atoms with Crippen LogP contribution < -0.4 is 5.32 Å². The molecule has 5 heteroatoms. The van der Waals surface area contributed by atoms with Crippen LogP contribution in [0.4, 0.5) is 0 Å². The van der Waals surface area contributed by atoms with E-state index in [0.717, 1.165) is 23.3 Å². The van der Waals surface area contributed by atoms with Gasteiger partial charge in [0.25, 0.3) is 0 Å². The first-order valence-electron chi connectivity index (χ1n) is 7.39. The van der Waals surface area contributed by atoms with E-state index in [1.54, 1.807) is 0 Å². The van der Waals surface area contributed by atoms with Gasteiger partial charge in [-0.2, -0.15) is 0 Å². The summed E-state index contributed by atoms with van der Waals surface area (Å²) in [6.45, 7) is 7.21. The molecule has 2 atom stereocenters. The molecule has 0 saturated carbocycles. The van der Waals surface area contributed by atoms with Gasteiger partial charge in [0.1, 0.15) is 5.82 Å². The van der Waals surface area contributed by atoms with E-state index in [2.05, 4.69) is 28.7 Å². The fourth-order valence-electron chi connectivity index (χ4n) is 2.42. The number of nitrogens with zero attached hydrogens (tertiary/aromatic N) is 2. The number of aliphatic hydroxyl groups is 1. The number of benzene rings is 1. The van der Waals surface area contributed by atoms with Gasteiger partial charge in [0.05, 0.1) is 23.2 Å². The molecule has 0 fully saturated rings. The summed E-state index contributed by atoms with van der Waals surface area (Å²) < 4.78 is 2.05. The molecule has 0 radical (unpaired) electrons. The van der Waals surface area contributed by atoms with E-state index in [9.17, 15) is 5.11 Å². The number of hydrogen-bond acceptors (Lipinski definition) is 3. The first-order valence-corrected chi connectivity index (χ1v) is 7.77. The summed E-state index contributed by atoms with van der Waals surface area (Å²) in [5.41, 5.74) is 1.25. The number of aromatic nitrogens is 2. The van der Waals surface area contributed by atoms with Crippen molar-refractivity contribution in [2.24, 2.45) is 13.0 Å². The van der Waals surface area contributed by atoms with Crippen LogP contribution in [-0.2, 0) is 13.6 Å². The summed E-state index contributed by atoms with van der Waals surface area (Å²) in [5.74, 6) is 1.19. The zero-order valence-electron chi connectivity index (χ0n) is 13.2. The van der Waals surface area contributed by atoms with Crippen molar-refractivity contribution < 1.29 is 5.11 Å². The van der Waals surface area contributed by atoms with Crippen molar-refractivity contribution in [1.29, 1.82) is 0 Å². The molecule has 4 nitrogen and oxygen atoms in total. The molecule has 1 aromatic heterocycles. The van der Waals surface area contributed by atoms with Gasteiger partial charge in [-0.1, -0.05) is 31.9 Å². The topological polar surface area (TPSA) is 50.1 Å². The molecule has 2 aromatic rings. The van der Waals surface area contributed by atoms with Gasteiger partial charge in [0, 0.05) is 18.6 Å². The van der Waals surface area contributed by atoms with Gasteiger partial charge in [-0.05, 0) is 31.0 Å². The van der Waals surface area contributed by atoms with Crippen LogP contribution in [-0.4, -0.2) is 26.8 Å². The molecule has 2 rings (SSSR count). The van der Waals surface area contributed by atoms with Crippen molar-refractivity contribution in [3.05, 3.63) is 29.0 Å². The maximum atomic E-state index is 10.4. The molecule has 0 saturated heterocycles. The van der Waals surface area contributed by atoms with Gasteiger partial charge >= 0.3 is 0 Å². The van der Waals surface area contributed by atoms with E-state index >= 15 is 0 Å². The largest absolute Gasteiger partial charge is 0.389 e. The highest BCUT2D eigenvalue weighted by atomic mass is 35.5. The van der Waals surface area contributed by atoms with E-state index in [1.165, 1.54) is 0 Å². The maximum Gasteiger partial charge on any atom is 0.123 e. The summed E-state index contributed by atoms with van der Waals surface area (Å²) in [6.07, 6.45) is 0.958. The molecule has 0 spiro atoms. The number of aryl methyl sites for hydroxylation is 1. The zero-order valence-corrected chi connectivity index (χ0v) is 13.9. The third kappa shape index (κ3) is 3.57. The van der Waals surface area contributed by atoms with Crippen LogP contribution in [0.25, 0.3) is 11.0 Å². The third-order valence-corrected chi connectivity index (χ3v) is 4.61. The lowest BCUT2D eigenvalue weighted by Crippen LogP contribution is -2.43. The summed E-state index contributed by atoms with van der Waals surface area (Å²) in [6, 6.07) is 5.72. The second-order valence-electron chi connectivity index (χ2n) is 5.99. The second-order valence-corrected chi connectivity index (χ2v) is 6.43. The van der Waals surface area contributed by atoms with Crippen LogP contribution in [0.1, 0.15) is 33.0 Å². The Bertz CT molecular complexity index is 621. The SMILES string of the molecule is CCC(C)C(C)(O)CNCc1nc2cc(Cl)ccc2n1C. The van der Waals surface area contributed by atoms with E-state index in [-0.39, 0.29) is 5.92 Å². The predicted molar refractivity (Wildman–Crippen MR) is 87.5 cm³/mol. The molecule has 0 aliphatic carbocycles. The van der Waals surface area contributed by atoms with Crippen molar-refractivity contribution in [3.8, 4) is 0 Å². The van der Waals surface area contributed by atoms with Crippen molar-refractivity contribution >= 4 is 22.6 Å². The van der Waals surface area contributed by atoms with Crippen LogP contribution in [0.3, 0.4) is 0 Å². The Labute approximate surface area is 131 Å². The van der Waals surface area contributed by atoms with E-state index < -0.39 is 5.60 Å². The Morgan fingerprint density at radius 3 is 2.86 bits per heavy atom. The number of hydrogen-bond donors (Lipinski definition) is 2. The standard InChI is InChI=1S/C16H24ClN3O/c1-5-11(2)16(3,21)10-18-9-15-19-13-8-12(17)6-7-14(13)20(15)4/h6-8,11,18,21H,5,9-10H2,1-4H3. The van der Waals surface area contributed by atoms with Crippen molar-refractivity contribution in [1.82, 2.24) is 14.9 Å². The Balaban J connectivity index is 2.06. The van der Waals surface area contributed by atoms with Crippen LogP contribution in [0.15, 0.2) is 18.2 Å². The van der Waals surface area contributed by atoms with Crippen LogP contribution in [0, 0.1) is 5.92 Å². The lowest BCUT2D eigenvalue weighted by atomic mass is 9.89. The molecule has 0 bridgehead atoms. The first kappa shape index (κ1) is 16.3. The van der Waals surface area contributed by atoms with Crippen LogP contribution in [0.5, 0.6) is 0 Å². The number of nitrogens with one attached hydrogen (secondary N) is 1. The quantitative estimate of drug-likeness (QED) is 0.862. The summed E-state index contributed by atoms with van der Waals surface area (Å²) in [5, 5.41) is 14.4. The average molecular weight is 310 g/mol. The highest BCUT2D eigenvalue weighted by molar-refractivity contribution is 6.31. The minimum absolute atomic E-state index is 0.254. The summed E-state index contributed by atoms with van der Waals surface area (Å²) >= 11 is 6.00. The fraction of sp³-hybridized carbons (Fsp3) is 0.562. The fourth-order valence-corrected chi connectivity index (χ4v) is 2.59. The Morgan fingerprint density at radius 2 is 2.19 bits per heavy atom. The normalized spacial score (nSPS) is 16.1. The van der Waals surface area contributed by atoms with E-state index in [4.69, 9.17) is 11.6 Å². The Kier molecular flexibility index (Phi) is 4.91. The summed E-state index contributed by atoms with van der Waals surface area (Å²) in [7, 11) is 1.99. The number of rotatable bonds is 6. The monoisotopic (exact) mass is 309 g/mol. The molecule has 0 aliphatic rings. The van der Waals surface area contributed by atoms with Crippen molar-refractivity contribution in [2.45, 2.75) is 39.3 Å². The number of imidazole rings is 1. The van der Waals surface area contributed by atoms with E-state index in [1.807, 2.05) is 32.2 Å². The first-order chi connectivity index (χ1) is 9.85. The molecule has 116 valence electrons. The lowest BCUT2D eigenvalue weighted by Gasteiger charge is -2.29. The Morgan fingerprint density at radius 1 is 1.48 bits per heavy atom. The smallest absolute Gasteiger partial charge is 0.123 e. The molecule has 0 aliphatic heterocycles. The van der Waals surface area contributed by atoms with Crippen LogP contribution in [0.2, 0.25) is 5.02 Å². The van der Waals surface area contributed by atoms with E-state index in [0.29, 0.717) is 18.1 Å². The number of fused-ring (bicyclic) bond motifs is 1. The maximum absolute atomic E-state index is 10.4. The second kappa shape index (κ2) is 6.34. The average Bonchev–Trinajstić information content (AvgIpc) is 2.73. The number of halogens is 1. The molecule has 1 heterocycles.